The molecule has 4 rings (SSSR count). The molecule has 0 saturated heterocycles. The van der Waals surface area contributed by atoms with Crippen molar-refractivity contribution >= 4 is 33.4 Å². The van der Waals surface area contributed by atoms with E-state index >= 15 is 0 Å². The van der Waals surface area contributed by atoms with E-state index in [0.717, 1.165) is 10.8 Å². The summed E-state index contributed by atoms with van der Waals surface area (Å²) in [6, 6.07) is 19.5. The second-order valence-corrected chi connectivity index (χ2v) is 7.21. The number of amides is 2. The minimum Gasteiger partial charge on any atom is -0.267 e. The summed E-state index contributed by atoms with van der Waals surface area (Å²) in [5.74, 6) is -1.05. The first-order chi connectivity index (χ1) is 14.5. The Labute approximate surface area is 172 Å². The molecular weight excluding hydrogens is 380 g/mol. The van der Waals surface area contributed by atoms with E-state index in [1.165, 1.54) is 4.68 Å². The van der Waals surface area contributed by atoms with Gasteiger partial charge < -0.3 is 0 Å². The Hall–Kier alpha value is -4.00. The maximum atomic E-state index is 12.8. The smallest absolute Gasteiger partial charge is 0.267 e. The van der Waals surface area contributed by atoms with E-state index in [1.54, 1.807) is 36.4 Å². The molecule has 3 aromatic carbocycles. The molecule has 0 atom stereocenters. The van der Waals surface area contributed by atoms with Gasteiger partial charge in [0.1, 0.15) is 0 Å². The second kappa shape index (κ2) is 7.79. The number of carbonyl (C=O) groups is 2. The Balaban J connectivity index is 1.60. The predicted octanol–water partition coefficient (Wildman–Crippen LogP) is 3.21. The van der Waals surface area contributed by atoms with Crippen molar-refractivity contribution in [1.29, 1.82) is 0 Å². The molecule has 7 heteroatoms. The normalized spacial score (nSPS) is 11.0. The Morgan fingerprint density at radius 2 is 1.47 bits per heavy atom. The van der Waals surface area contributed by atoms with Crippen LogP contribution in [0.2, 0.25) is 0 Å². The van der Waals surface area contributed by atoms with Crippen molar-refractivity contribution in [3.8, 4) is 0 Å². The largest absolute Gasteiger partial charge is 0.290 e. The fraction of sp³-hybridized carbons (Fsp3) is 0.130. The zero-order valence-electron chi connectivity index (χ0n) is 16.5. The first kappa shape index (κ1) is 19.3. The average molecular weight is 400 g/mol. The number of aromatic nitrogens is 2. The highest BCUT2D eigenvalue weighted by atomic mass is 16.2. The number of hydrazine groups is 1. The van der Waals surface area contributed by atoms with Crippen LogP contribution in [0.3, 0.4) is 0 Å². The van der Waals surface area contributed by atoms with E-state index in [-0.39, 0.29) is 17.3 Å². The highest BCUT2D eigenvalue weighted by molar-refractivity contribution is 6.06. The molecule has 1 aromatic heterocycles. The van der Waals surface area contributed by atoms with Crippen molar-refractivity contribution in [2.75, 3.05) is 0 Å². The third-order valence-corrected chi connectivity index (χ3v) is 4.83. The molecule has 150 valence electrons. The van der Waals surface area contributed by atoms with Gasteiger partial charge in [0.25, 0.3) is 17.4 Å². The molecule has 1 heterocycles. The molecule has 0 unspecified atom stereocenters. The lowest BCUT2D eigenvalue weighted by Gasteiger charge is -2.14. The van der Waals surface area contributed by atoms with Gasteiger partial charge in [0.2, 0.25) is 0 Å². The van der Waals surface area contributed by atoms with Gasteiger partial charge in [-0.15, -0.1) is 0 Å². The molecule has 0 saturated carbocycles. The summed E-state index contributed by atoms with van der Waals surface area (Å²) in [5, 5.41) is 7.00. The van der Waals surface area contributed by atoms with E-state index in [1.807, 2.05) is 44.2 Å². The lowest BCUT2D eigenvalue weighted by atomic mass is 10.1. The van der Waals surface area contributed by atoms with E-state index < -0.39 is 11.8 Å². The van der Waals surface area contributed by atoms with Crippen LogP contribution < -0.4 is 16.4 Å². The van der Waals surface area contributed by atoms with Crippen molar-refractivity contribution in [3.63, 3.8) is 0 Å². The van der Waals surface area contributed by atoms with Crippen LogP contribution >= 0.6 is 0 Å². The number of rotatable bonds is 3. The minimum atomic E-state index is -0.602. The summed E-state index contributed by atoms with van der Waals surface area (Å²) in [6.45, 7) is 3.62. The monoisotopic (exact) mass is 400 g/mol. The van der Waals surface area contributed by atoms with Crippen LogP contribution in [0.15, 0.2) is 71.5 Å². The second-order valence-electron chi connectivity index (χ2n) is 7.21. The number of nitrogens with one attached hydrogen (secondary N) is 2. The molecule has 4 aromatic rings. The van der Waals surface area contributed by atoms with Gasteiger partial charge in [0.15, 0.2) is 5.69 Å². The molecule has 0 radical (unpaired) electrons. The molecule has 2 N–H and O–H groups in total. The third kappa shape index (κ3) is 3.53. The highest BCUT2D eigenvalue weighted by Crippen LogP contribution is 2.16. The Morgan fingerprint density at radius 3 is 2.20 bits per heavy atom. The van der Waals surface area contributed by atoms with Crippen LogP contribution in [0.5, 0.6) is 0 Å². The molecule has 7 nitrogen and oxygen atoms in total. The van der Waals surface area contributed by atoms with E-state index in [2.05, 4.69) is 16.0 Å². The van der Waals surface area contributed by atoms with E-state index in [9.17, 15) is 14.4 Å². The summed E-state index contributed by atoms with van der Waals surface area (Å²) in [5.41, 5.74) is 5.05. The lowest BCUT2D eigenvalue weighted by Crippen LogP contribution is -2.43. The molecule has 0 aliphatic rings. The van der Waals surface area contributed by atoms with Gasteiger partial charge in [-0.1, -0.05) is 48.5 Å². The number of hydrogen-bond acceptors (Lipinski definition) is 4. The van der Waals surface area contributed by atoms with Crippen LogP contribution in [-0.2, 0) is 0 Å². The molecule has 0 spiro atoms. The van der Waals surface area contributed by atoms with Crippen LogP contribution in [0.25, 0.3) is 21.5 Å². The molecule has 0 bridgehead atoms. The number of nitrogens with zero attached hydrogens (tertiary/aromatic N) is 2. The van der Waals surface area contributed by atoms with Gasteiger partial charge >= 0.3 is 0 Å². The van der Waals surface area contributed by atoms with Gasteiger partial charge in [-0.3, -0.25) is 25.2 Å². The average Bonchev–Trinajstić information content (AvgIpc) is 2.77. The fourth-order valence-corrected chi connectivity index (χ4v) is 3.30. The number of hydrogen-bond donors (Lipinski definition) is 2. The van der Waals surface area contributed by atoms with Gasteiger partial charge in [-0.25, -0.2) is 4.68 Å². The van der Waals surface area contributed by atoms with Crippen molar-refractivity contribution in [2.24, 2.45) is 0 Å². The number of carbonyl (C=O) groups excluding carboxylic acids is 2. The maximum absolute atomic E-state index is 12.8. The van der Waals surface area contributed by atoms with Crippen molar-refractivity contribution in [2.45, 2.75) is 19.9 Å². The molecule has 0 fully saturated rings. The van der Waals surface area contributed by atoms with Gasteiger partial charge in [-0.2, -0.15) is 5.10 Å². The van der Waals surface area contributed by atoms with Crippen molar-refractivity contribution in [3.05, 3.63) is 88.3 Å². The first-order valence-electron chi connectivity index (χ1n) is 9.57. The van der Waals surface area contributed by atoms with Crippen LogP contribution in [0, 0.1) is 0 Å². The summed E-state index contributed by atoms with van der Waals surface area (Å²) < 4.78 is 1.27. The van der Waals surface area contributed by atoms with Crippen molar-refractivity contribution < 1.29 is 9.59 Å². The van der Waals surface area contributed by atoms with Gasteiger partial charge in [-0.05, 0) is 42.8 Å². The maximum Gasteiger partial charge on any atom is 0.290 e. The van der Waals surface area contributed by atoms with Crippen LogP contribution in [-0.4, -0.2) is 21.6 Å². The topological polar surface area (TPSA) is 93.1 Å². The minimum absolute atomic E-state index is 0.0673. The van der Waals surface area contributed by atoms with Gasteiger partial charge in [0, 0.05) is 10.9 Å². The standard InChI is InChI=1S/C23H20N4O3/c1-14(2)27-23(30)19-10-6-5-9-18(19)20(26-27)22(29)25-24-21(28)17-12-11-15-7-3-4-8-16(15)13-17/h3-14H,1-2H3,(H,24,28)(H,25,29). The highest BCUT2D eigenvalue weighted by Gasteiger charge is 2.18. The van der Waals surface area contributed by atoms with Gasteiger partial charge in [0.05, 0.1) is 11.4 Å². The molecule has 30 heavy (non-hydrogen) atoms. The van der Waals surface area contributed by atoms with Crippen LogP contribution in [0.1, 0.15) is 40.7 Å². The van der Waals surface area contributed by atoms with E-state index in [0.29, 0.717) is 16.3 Å². The molecule has 0 aliphatic heterocycles. The SMILES string of the molecule is CC(C)n1nc(C(=O)NNC(=O)c2ccc3ccccc3c2)c2ccccc2c1=O. The predicted molar refractivity (Wildman–Crippen MR) is 115 cm³/mol. The lowest BCUT2D eigenvalue weighted by molar-refractivity contribution is 0.0843. The first-order valence-corrected chi connectivity index (χ1v) is 9.57. The fourth-order valence-electron chi connectivity index (χ4n) is 3.30. The Kier molecular flexibility index (Phi) is 5.02. The molecular formula is C23H20N4O3. The van der Waals surface area contributed by atoms with Crippen LogP contribution in [0.4, 0.5) is 0 Å². The zero-order valence-corrected chi connectivity index (χ0v) is 16.5. The molecule has 2 amide bonds. The quantitative estimate of drug-likeness (QED) is 0.517. The summed E-state index contributed by atoms with van der Waals surface area (Å²) >= 11 is 0. The number of fused-ring (bicyclic) bond motifs is 2. The summed E-state index contributed by atoms with van der Waals surface area (Å²) in [7, 11) is 0. The summed E-state index contributed by atoms with van der Waals surface area (Å²) in [4.78, 5) is 37.9. The Bertz CT molecular complexity index is 1340. The Morgan fingerprint density at radius 1 is 0.833 bits per heavy atom. The van der Waals surface area contributed by atoms with Crippen molar-refractivity contribution in [1.82, 2.24) is 20.6 Å². The zero-order chi connectivity index (χ0) is 21.3. The molecule has 0 aliphatic carbocycles. The third-order valence-electron chi connectivity index (χ3n) is 4.83. The van der Waals surface area contributed by atoms with E-state index in [4.69, 9.17) is 0 Å². The number of benzene rings is 3. The summed E-state index contributed by atoms with van der Waals surface area (Å²) in [6.07, 6.45) is 0.